The van der Waals surface area contributed by atoms with Gasteiger partial charge in [-0.25, -0.2) is 0 Å². The molecule has 0 heterocycles. The molecule has 1 unspecified atom stereocenters. The van der Waals surface area contributed by atoms with Gasteiger partial charge in [0.15, 0.2) is 0 Å². The molecular formula is C15H22Cl2N2. The second kappa shape index (κ2) is 6.94. The van der Waals surface area contributed by atoms with E-state index < -0.39 is 0 Å². The summed E-state index contributed by atoms with van der Waals surface area (Å²) in [5.41, 5.74) is 7.09. The first-order chi connectivity index (χ1) is 9.17. The molecule has 0 saturated heterocycles. The fourth-order valence-electron chi connectivity index (χ4n) is 2.55. The molecule has 0 bridgehead atoms. The van der Waals surface area contributed by atoms with Gasteiger partial charge in [-0.3, -0.25) is 4.90 Å². The third kappa shape index (κ3) is 3.85. The van der Waals surface area contributed by atoms with E-state index in [1.165, 1.54) is 25.7 Å². The summed E-state index contributed by atoms with van der Waals surface area (Å²) in [6.45, 7) is 3.89. The first-order valence-corrected chi connectivity index (χ1v) is 7.83. The lowest BCUT2D eigenvalue weighted by Crippen LogP contribution is -2.36. The zero-order chi connectivity index (χ0) is 13.8. The van der Waals surface area contributed by atoms with Gasteiger partial charge in [-0.2, -0.15) is 0 Å². The molecule has 2 rings (SSSR count). The van der Waals surface area contributed by atoms with Gasteiger partial charge in [0.2, 0.25) is 0 Å². The Balaban J connectivity index is 2.22. The SMILES string of the molecule is CCCCN(C1CC1)C(CN)c1cc(Cl)ccc1Cl. The normalized spacial score (nSPS) is 16.9. The van der Waals surface area contributed by atoms with E-state index in [-0.39, 0.29) is 6.04 Å². The number of hydrogen-bond acceptors (Lipinski definition) is 2. The van der Waals surface area contributed by atoms with E-state index in [0.717, 1.165) is 22.2 Å². The van der Waals surface area contributed by atoms with Crippen LogP contribution in [-0.4, -0.2) is 24.0 Å². The van der Waals surface area contributed by atoms with Crippen LogP contribution in [0, 0.1) is 0 Å². The maximum atomic E-state index is 6.33. The highest BCUT2D eigenvalue weighted by Crippen LogP contribution is 2.37. The molecule has 1 aliphatic carbocycles. The highest BCUT2D eigenvalue weighted by atomic mass is 35.5. The minimum Gasteiger partial charge on any atom is -0.329 e. The fourth-order valence-corrected chi connectivity index (χ4v) is 2.97. The van der Waals surface area contributed by atoms with E-state index in [1.54, 1.807) is 0 Å². The molecule has 2 N–H and O–H groups in total. The van der Waals surface area contributed by atoms with Crippen LogP contribution in [0.5, 0.6) is 0 Å². The standard InChI is InChI=1S/C15H22Cl2N2/c1-2-3-8-19(12-5-6-12)15(10-18)13-9-11(16)4-7-14(13)17/h4,7,9,12,15H,2-3,5-6,8,10,18H2,1H3. The van der Waals surface area contributed by atoms with Crippen molar-refractivity contribution in [3.63, 3.8) is 0 Å². The predicted molar refractivity (Wildman–Crippen MR) is 82.9 cm³/mol. The Morgan fingerprint density at radius 3 is 2.68 bits per heavy atom. The topological polar surface area (TPSA) is 29.3 Å². The van der Waals surface area contributed by atoms with Crippen LogP contribution in [0.2, 0.25) is 10.0 Å². The smallest absolute Gasteiger partial charge is 0.0488 e. The molecule has 19 heavy (non-hydrogen) atoms. The van der Waals surface area contributed by atoms with Gasteiger partial charge in [0.25, 0.3) is 0 Å². The van der Waals surface area contributed by atoms with Gasteiger partial charge < -0.3 is 5.73 Å². The van der Waals surface area contributed by atoms with E-state index >= 15 is 0 Å². The number of nitrogens with two attached hydrogens (primary N) is 1. The lowest BCUT2D eigenvalue weighted by Gasteiger charge is -2.32. The van der Waals surface area contributed by atoms with Crippen LogP contribution in [0.25, 0.3) is 0 Å². The summed E-state index contributed by atoms with van der Waals surface area (Å²) >= 11 is 12.4. The number of halogens is 2. The molecule has 0 aromatic heterocycles. The Morgan fingerprint density at radius 2 is 2.11 bits per heavy atom. The Labute approximate surface area is 125 Å². The lowest BCUT2D eigenvalue weighted by molar-refractivity contribution is 0.188. The average Bonchev–Trinajstić information content (AvgIpc) is 3.22. The van der Waals surface area contributed by atoms with Crippen molar-refractivity contribution < 1.29 is 0 Å². The monoisotopic (exact) mass is 300 g/mol. The zero-order valence-corrected chi connectivity index (χ0v) is 12.9. The van der Waals surface area contributed by atoms with E-state index in [2.05, 4.69) is 11.8 Å². The molecule has 1 saturated carbocycles. The van der Waals surface area contributed by atoms with E-state index in [1.807, 2.05) is 18.2 Å². The van der Waals surface area contributed by atoms with E-state index in [9.17, 15) is 0 Å². The minimum atomic E-state index is 0.185. The van der Waals surface area contributed by atoms with Gasteiger partial charge in [0.05, 0.1) is 0 Å². The number of rotatable bonds is 7. The fraction of sp³-hybridized carbons (Fsp3) is 0.600. The van der Waals surface area contributed by atoms with Crippen LogP contribution in [-0.2, 0) is 0 Å². The second-order valence-corrected chi connectivity index (χ2v) is 6.08. The molecule has 0 spiro atoms. The van der Waals surface area contributed by atoms with Crippen LogP contribution in [0.3, 0.4) is 0 Å². The average molecular weight is 301 g/mol. The quantitative estimate of drug-likeness (QED) is 0.815. The van der Waals surface area contributed by atoms with E-state index in [0.29, 0.717) is 12.6 Å². The molecule has 1 aromatic rings. The molecule has 1 fully saturated rings. The first-order valence-electron chi connectivity index (χ1n) is 7.08. The molecular weight excluding hydrogens is 279 g/mol. The summed E-state index contributed by atoms with van der Waals surface area (Å²) in [5.74, 6) is 0. The van der Waals surface area contributed by atoms with Gasteiger partial charge in [0.1, 0.15) is 0 Å². The van der Waals surface area contributed by atoms with Crippen LogP contribution in [0.1, 0.15) is 44.2 Å². The number of benzene rings is 1. The van der Waals surface area contributed by atoms with Crippen molar-refractivity contribution in [3.8, 4) is 0 Å². The van der Waals surface area contributed by atoms with Crippen molar-refractivity contribution in [2.75, 3.05) is 13.1 Å². The van der Waals surface area contributed by atoms with Gasteiger partial charge in [0, 0.05) is 28.7 Å². The van der Waals surface area contributed by atoms with Gasteiger partial charge >= 0.3 is 0 Å². The van der Waals surface area contributed by atoms with Crippen molar-refractivity contribution in [2.45, 2.75) is 44.7 Å². The van der Waals surface area contributed by atoms with Gasteiger partial charge in [-0.1, -0.05) is 36.5 Å². The van der Waals surface area contributed by atoms with Crippen molar-refractivity contribution >= 4 is 23.2 Å². The van der Waals surface area contributed by atoms with Crippen molar-refractivity contribution in [3.05, 3.63) is 33.8 Å². The highest BCUT2D eigenvalue weighted by molar-refractivity contribution is 6.33. The molecule has 0 aliphatic heterocycles. The molecule has 1 aromatic carbocycles. The Bertz CT molecular complexity index is 419. The molecule has 0 amide bonds. The van der Waals surface area contributed by atoms with Gasteiger partial charge in [-0.15, -0.1) is 0 Å². The highest BCUT2D eigenvalue weighted by Gasteiger charge is 2.34. The summed E-state index contributed by atoms with van der Waals surface area (Å²) in [6, 6.07) is 6.52. The Hall–Kier alpha value is -0.280. The molecule has 1 aliphatic rings. The molecule has 1 atom stereocenters. The van der Waals surface area contributed by atoms with Gasteiger partial charge in [-0.05, 0) is 49.6 Å². The largest absolute Gasteiger partial charge is 0.329 e. The van der Waals surface area contributed by atoms with Crippen LogP contribution in [0.4, 0.5) is 0 Å². The lowest BCUT2D eigenvalue weighted by atomic mass is 10.0. The summed E-state index contributed by atoms with van der Waals surface area (Å²) < 4.78 is 0. The Kier molecular flexibility index (Phi) is 5.52. The predicted octanol–water partition coefficient (Wildman–Crippen LogP) is 4.26. The van der Waals surface area contributed by atoms with Crippen molar-refractivity contribution in [2.24, 2.45) is 5.73 Å². The van der Waals surface area contributed by atoms with Crippen molar-refractivity contribution in [1.29, 1.82) is 0 Å². The number of unbranched alkanes of at least 4 members (excludes halogenated alkanes) is 1. The Morgan fingerprint density at radius 1 is 1.37 bits per heavy atom. The number of hydrogen-bond donors (Lipinski definition) is 1. The van der Waals surface area contributed by atoms with Crippen LogP contribution >= 0.6 is 23.2 Å². The van der Waals surface area contributed by atoms with Crippen LogP contribution in [0.15, 0.2) is 18.2 Å². The second-order valence-electron chi connectivity index (χ2n) is 5.24. The molecule has 4 heteroatoms. The summed E-state index contributed by atoms with van der Waals surface area (Å²) in [4.78, 5) is 2.51. The first kappa shape index (κ1) is 15.1. The molecule has 0 radical (unpaired) electrons. The third-order valence-electron chi connectivity index (χ3n) is 3.73. The van der Waals surface area contributed by atoms with E-state index in [4.69, 9.17) is 28.9 Å². The summed E-state index contributed by atoms with van der Waals surface area (Å²) in [5, 5.41) is 1.49. The third-order valence-corrected chi connectivity index (χ3v) is 4.31. The number of nitrogens with zero attached hydrogens (tertiary/aromatic N) is 1. The summed E-state index contributed by atoms with van der Waals surface area (Å²) in [6.07, 6.45) is 4.95. The minimum absolute atomic E-state index is 0.185. The maximum Gasteiger partial charge on any atom is 0.0488 e. The van der Waals surface area contributed by atoms with Crippen molar-refractivity contribution in [1.82, 2.24) is 4.90 Å². The zero-order valence-electron chi connectivity index (χ0n) is 11.4. The molecule has 2 nitrogen and oxygen atoms in total. The maximum absolute atomic E-state index is 6.33. The van der Waals surface area contributed by atoms with Crippen LogP contribution < -0.4 is 5.73 Å². The summed E-state index contributed by atoms with van der Waals surface area (Å²) in [7, 11) is 0. The molecule has 106 valence electrons.